The van der Waals surface area contributed by atoms with Crippen molar-refractivity contribution in [3.05, 3.63) is 28.8 Å². The zero-order valence-corrected chi connectivity index (χ0v) is 11.9. The highest BCUT2D eigenvalue weighted by molar-refractivity contribution is 7.89. The van der Waals surface area contributed by atoms with Crippen molar-refractivity contribution >= 4 is 21.6 Å². The molecule has 3 N–H and O–H groups in total. The Labute approximate surface area is 112 Å². The Balaban J connectivity index is 3.17. The van der Waals surface area contributed by atoms with Crippen LogP contribution < -0.4 is 5.73 Å². The van der Waals surface area contributed by atoms with Gasteiger partial charge in [0.1, 0.15) is 0 Å². The second kappa shape index (κ2) is 5.99. The second-order valence-corrected chi connectivity index (χ2v) is 6.41. The number of benzene rings is 1. The first-order chi connectivity index (χ1) is 8.34. The van der Waals surface area contributed by atoms with Crippen molar-refractivity contribution in [1.82, 2.24) is 4.31 Å². The van der Waals surface area contributed by atoms with E-state index in [1.807, 2.05) is 0 Å². The van der Waals surface area contributed by atoms with E-state index in [1.165, 1.54) is 19.2 Å². The van der Waals surface area contributed by atoms with Crippen molar-refractivity contribution in [2.75, 3.05) is 13.7 Å². The van der Waals surface area contributed by atoms with Gasteiger partial charge in [-0.05, 0) is 24.6 Å². The molecule has 1 rings (SSSR count). The highest BCUT2D eigenvalue weighted by Crippen LogP contribution is 2.23. The van der Waals surface area contributed by atoms with Gasteiger partial charge in [0.15, 0.2) is 0 Å². The van der Waals surface area contributed by atoms with Crippen LogP contribution in [-0.2, 0) is 16.6 Å². The summed E-state index contributed by atoms with van der Waals surface area (Å²) < 4.78 is 25.5. The third-order valence-corrected chi connectivity index (χ3v) is 5.13. The van der Waals surface area contributed by atoms with Crippen molar-refractivity contribution in [3.63, 3.8) is 0 Å². The fourth-order valence-corrected chi connectivity index (χ4v) is 3.07. The minimum absolute atomic E-state index is 0.0903. The number of sulfonamides is 1. The fourth-order valence-electron chi connectivity index (χ4n) is 1.37. The molecule has 0 spiro atoms. The van der Waals surface area contributed by atoms with Crippen LogP contribution in [0.5, 0.6) is 0 Å². The van der Waals surface area contributed by atoms with E-state index in [9.17, 15) is 8.42 Å². The van der Waals surface area contributed by atoms with E-state index in [4.69, 9.17) is 22.4 Å². The van der Waals surface area contributed by atoms with Gasteiger partial charge in [-0.3, -0.25) is 0 Å². The molecule has 0 aliphatic heterocycles. The lowest BCUT2D eigenvalue weighted by atomic mass is 10.2. The monoisotopic (exact) mass is 292 g/mol. The number of aliphatic hydroxyl groups is 1. The number of aliphatic hydroxyl groups excluding tert-OH is 1. The summed E-state index contributed by atoms with van der Waals surface area (Å²) in [6, 6.07) is 3.93. The molecule has 1 atom stereocenters. The predicted octanol–water partition coefficient (Wildman–Crippen LogP) is 0.800. The first-order valence-corrected chi connectivity index (χ1v) is 7.23. The average Bonchev–Trinajstić information content (AvgIpc) is 2.36. The van der Waals surface area contributed by atoms with Crippen molar-refractivity contribution in [1.29, 1.82) is 0 Å². The van der Waals surface area contributed by atoms with E-state index in [1.54, 1.807) is 13.0 Å². The molecule has 1 aromatic rings. The lowest BCUT2D eigenvalue weighted by Gasteiger charge is -2.22. The Bertz CT molecular complexity index is 519. The van der Waals surface area contributed by atoms with Gasteiger partial charge in [0.05, 0.1) is 11.5 Å². The van der Waals surface area contributed by atoms with Gasteiger partial charge in [-0.2, -0.15) is 4.31 Å². The van der Waals surface area contributed by atoms with E-state index in [-0.39, 0.29) is 18.0 Å². The maximum atomic E-state index is 12.2. The highest BCUT2D eigenvalue weighted by Gasteiger charge is 2.25. The van der Waals surface area contributed by atoms with Crippen molar-refractivity contribution in [2.45, 2.75) is 24.4 Å². The maximum Gasteiger partial charge on any atom is 0.243 e. The van der Waals surface area contributed by atoms with Crippen LogP contribution in [0.3, 0.4) is 0 Å². The molecule has 0 aliphatic carbocycles. The topological polar surface area (TPSA) is 83.6 Å². The molecular formula is C11H17ClN2O3S. The van der Waals surface area contributed by atoms with Crippen LogP contribution in [-0.4, -0.2) is 37.5 Å². The standard InChI is InChI=1S/C11H17ClN2O3S/c1-8(7-15)14(2)18(16,17)10-4-3-9(6-13)11(12)5-10/h3-5,8,15H,6-7,13H2,1-2H3. The molecule has 0 saturated heterocycles. The van der Waals surface area contributed by atoms with E-state index in [0.29, 0.717) is 10.6 Å². The Kier molecular flexibility index (Phi) is 5.12. The smallest absolute Gasteiger partial charge is 0.243 e. The van der Waals surface area contributed by atoms with Gasteiger partial charge in [0.2, 0.25) is 10.0 Å². The fraction of sp³-hybridized carbons (Fsp3) is 0.455. The summed E-state index contributed by atoms with van der Waals surface area (Å²) in [5.74, 6) is 0. The molecule has 1 unspecified atom stereocenters. The summed E-state index contributed by atoms with van der Waals surface area (Å²) in [6.45, 7) is 1.62. The Morgan fingerprint density at radius 2 is 2.11 bits per heavy atom. The molecule has 0 bridgehead atoms. The number of likely N-dealkylation sites (N-methyl/N-ethyl adjacent to an activating group) is 1. The molecule has 0 heterocycles. The molecule has 0 aliphatic rings. The Hall–Kier alpha value is -0.660. The average molecular weight is 293 g/mol. The summed E-state index contributed by atoms with van der Waals surface area (Å²) in [5.41, 5.74) is 6.15. The summed E-state index contributed by atoms with van der Waals surface area (Å²) in [4.78, 5) is 0.0903. The molecule has 0 amide bonds. The zero-order valence-electron chi connectivity index (χ0n) is 10.3. The number of nitrogens with zero attached hydrogens (tertiary/aromatic N) is 1. The third kappa shape index (κ3) is 3.02. The van der Waals surface area contributed by atoms with Gasteiger partial charge in [-0.25, -0.2) is 8.42 Å². The van der Waals surface area contributed by atoms with Gasteiger partial charge in [-0.15, -0.1) is 0 Å². The molecule has 7 heteroatoms. The highest BCUT2D eigenvalue weighted by atomic mass is 35.5. The molecule has 0 radical (unpaired) electrons. The molecule has 18 heavy (non-hydrogen) atoms. The van der Waals surface area contributed by atoms with Crippen LogP contribution in [0.2, 0.25) is 5.02 Å². The van der Waals surface area contributed by atoms with Crippen molar-refractivity contribution in [3.8, 4) is 0 Å². The Morgan fingerprint density at radius 3 is 2.56 bits per heavy atom. The summed E-state index contributed by atoms with van der Waals surface area (Å²) >= 11 is 5.94. The molecule has 0 fully saturated rings. The van der Waals surface area contributed by atoms with Crippen molar-refractivity contribution in [2.24, 2.45) is 5.73 Å². The minimum Gasteiger partial charge on any atom is -0.395 e. The van der Waals surface area contributed by atoms with E-state index in [0.717, 1.165) is 4.31 Å². The molecule has 5 nitrogen and oxygen atoms in total. The molecule has 102 valence electrons. The Morgan fingerprint density at radius 1 is 1.50 bits per heavy atom. The zero-order chi connectivity index (χ0) is 13.9. The summed E-state index contributed by atoms with van der Waals surface area (Å²) in [6.07, 6.45) is 0. The van der Waals surface area contributed by atoms with E-state index in [2.05, 4.69) is 0 Å². The first-order valence-electron chi connectivity index (χ1n) is 5.42. The SMILES string of the molecule is CC(CO)N(C)S(=O)(=O)c1ccc(CN)c(Cl)c1. The van der Waals surface area contributed by atoms with Crippen LogP contribution in [0.4, 0.5) is 0 Å². The largest absolute Gasteiger partial charge is 0.395 e. The van der Waals surface area contributed by atoms with Gasteiger partial charge in [-0.1, -0.05) is 17.7 Å². The third-order valence-electron chi connectivity index (χ3n) is 2.81. The minimum atomic E-state index is -3.65. The van der Waals surface area contributed by atoms with Gasteiger partial charge >= 0.3 is 0 Å². The number of halogens is 1. The van der Waals surface area contributed by atoms with Crippen LogP contribution >= 0.6 is 11.6 Å². The normalized spacial score (nSPS) is 13.9. The van der Waals surface area contributed by atoms with Crippen molar-refractivity contribution < 1.29 is 13.5 Å². The summed E-state index contributed by atoms with van der Waals surface area (Å²) in [7, 11) is -2.23. The molecule has 0 saturated carbocycles. The van der Waals surface area contributed by atoms with Gasteiger partial charge in [0, 0.05) is 24.7 Å². The van der Waals surface area contributed by atoms with E-state index >= 15 is 0 Å². The number of hydrogen-bond acceptors (Lipinski definition) is 4. The maximum absolute atomic E-state index is 12.2. The lowest BCUT2D eigenvalue weighted by molar-refractivity contribution is 0.214. The molecular weight excluding hydrogens is 276 g/mol. The predicted molar refractivity (Wildman–Crippen MR) is 70.8 cm³/mol. The lowest BCUT2D eigenvalue weighted by Crippen LogP contribution is -2.37. The second-order valence-electron chi connectivity index (χ2n) is 4.01. The summed E-state index contributed by atoms with van der Waals surface area (Å²) in [5, 5.41) is 9.33. The van der Waals surface area contributed by atoms with Gasteiger partial charge in [0.25, 0.3) is 0 Å². The van der Waals surface area contributed by atoms with E-state index < -0.39 is 16.1 Å². The number of rotatable bonds is 5. The molecule has 0 aromatic heterocycles. The van der Waals surface area contributed by atoms with Crippen LogP contribution in [0.15, 0.2) is 23.1 Å². The number of nitrogens with two attached hydrogens (primary N) is 1. The van der Waals surface area contributed by atoms with Crippen LogP contribution in [0.25, 0.3) is 0 Å². The van der Waals surface area contributed by atoms with Gasteiger partial charge < -0.3 is 10.8 Å². The number of hydrogen-bond donors (Lipinski definition) is 2. The van der Waals surface area contributed by atoms with Crippen LogP contribution in [0.1, 0.15) is 12.5 Å². The first kappa shape index (κ1) is 15.4. The molecule has 1 aromatic carbocycles. The quantitative estimate of drug-likeness (QED) is 0.841. The van der Waals surface area contributed by atoms with Crippen LogP contribution in [0, 0.1) is 0 Å².